The molecule has 2 heteroatoms. The molecule has 2 aromatic carbocycles. The van der Waals surface area contributed by atoms with E-state index in [2.05, 4.69) is 79.4 Å². The predicted molar refractivity (Wildman–Crippen MR) is 104 cm³/mol. The third-order valence-electron chi connectivity index (χ3n) is 5.97. The Labute approximate surface area is 152 Å². The van der Waals surface area contributed by atoms with Gasteiger partial charge in [0, 0.05) is 13.0 Å². The highest BCUT2D eigenvalue weighted by atomic mass is 15.1. The maximum Gasteiger partial charge on any atom is 0.0627 e. The van der Waals surface area contributed by atoms with Crippen LogP contribution in [0.5, 0.6) is 0 Å². The van der Waals surface area contributed by atoms with Gasteiger partial charge in [0.2, 0.25) is 0 Å². The Morgan fingerprint density at radius 2 is 1.56 bits per heavy atom. The Hall–Kier alpha value is -2.11. The van der Waals surface area contributed by atoms with Crippen LogP contribution in [0.2, 0.25) is 0 Å². The number of nitriles is 1. The van der Waals surface area contributed by atoms with Crippen LogP contribution in [0, 0.1) is 22.7 Å². The molecule has 2 nitrogen and oxygen atoms in total. The normalized spacial score (nSPS) is 17.4. The van der Waals surface area contributed by atoms with Gasteiger partial charge in [0.05, 0.1) is 6.07 Å². The Bertz CT molecular complexity index is 702. The number of hydrogen-bond acceptors (Lipinski definition) is 2. The van der Waals surface area contributed by atoms with Gasteiger partial charge < -0.3 is 0 Å². The van der Waals surface area contributed by atoms with Crippen LogP contribution >= 0.6 is 0 Å². The molecule has 0 unspecified atom stereocenters. The molecule has 25 heavy (non-hydrogen) atoms. The molecule has 0 aliphatic carbocycles. The summed E-state index contributed by atoms with van der Waals surface area (Å²) >= 11 is 0. The lowest BCUT2D eigenvalue weighted by molar-refractivity contribution is 0.0617. The molecule has 0 radical (unpaired) electrons. The number of likely N-dealkylation sites (tertiary alicyclic amines) is 1. The minimum atomic E-state index is 0.225. The van der Waals surface area contributed by atoms with E-state index in [9.17, 15) is 5.26 Å². The molecular weight excluding hydrogens is 304 g/mol. The van der Waals surface area contributed by atoms with Crippen molar-refractivity contribution in [1.29, 1.82) is 5.26 Å². The Morgan fingerprint density at radius 1 is 0.960 bits per heavy atom. The van der Waals surface area contributed by atoms with Crippen molar-refractivity contribution in [1.82, 2.24) is 4.90 Å². The van der Waals surface area contributed by atoms with Gasteiger partial charge in [0.15, 0.2) is 0 Å². The summed E-state index contributed by atoms with van der Waals surface area (Å²) in [6, 6.07) is 21.9. The maximum absolute atomic E-state index is 9.19. The summed E-state index contributed by atoms with van der Waals surface area (Å²) in [7, 11) is 0. The van der Waals surface area contributed by atoms with Crippen molar-refractivity contribution in [3.63, 3.8) is 0 Å². The third kappa shape index (κ3) is 4.11. The molecule has 1 fully saturated rings. The number of benzene rings is 2. The number of hydrogen-bond donors (Lipinski definition) is 0. The molecule has 3 rings (SSSR count). The first-order chi connectivity index (χ1) is 12.1. The summed E-state index contributed by atoms with van der Waals surface area (Å²) in [5.74, 6) is 0.583. The Kier molecular flexibility index (Phi) is 5.56. The van der Waals surface area contributed by atoms with Crippen molar-refractivity contribution < 1.29 is 0 Å². The molecule has 0 atom stereocenters. The summed E-state index contributed by atoms with van der Waals surface area (Å²) in [5.41, 5.74) is 4.14. The molecule has 1 saturated heterocycles. The molecule has 1 heterocycles. The van der Waals surface area contributed by atoms with Crippen molar-refractivity contribution >= 4 is 0 Å². The Balaban J connectivity index is 1.60. The van der Waals surface area contributed by atoms with Crippen molar-refractivity contribution in [2.24, 2.45) is 11.3 Å². The van der Waals surface area contributed by atoms with Crippen LogP contribution in [-0.2, 0) is 6.54 Å². The minimum Gasteiger partial charge on any atom is -0.299 e. The fourth-order valence-electron chi connectivity index (χ4n) is 3.96. The van der Waals surface area contributed by atoms with E-state index >= 15 is 0 Å². The van der Waals surface area contributed by atoms with Crippen LogP contribution in [0.25, 0.3) is 11.1 Å². The van der Waals surface area contributed by atoms with Crippen LogP contribution in [-0.4, -0.2) is 18.0 Å². The highest BCUT2D eigenvalue weighted by Crippen LogP contribution is 2.41. The summed E-state index contributed by atoms with van der Waals surface area (Å²) in [6.07, 6.45) is 2.98. The molecule has 2 aromatic rings. The first-order valence-corrected chi connectivity index (χ1v) is 9.37. The van der Waals surface area contributed by atoms with Gasteiger partial charge in [0.1, 0.15) is 0 Å². The maximum atomic E-state index is 9.19. The average Bonchev–Trinajstić information content (AvgIpc) is 2.65. The topological polar surface area (TPSA) is 27.0 Å². The van der Waals surface area contributed by atoms with Gasteiger partial charge in [-0.25, -0.2) is 0 Å². The molecule has 0 saturated carbocycles. The van der Waals surface area contributed by atoms with Crippen molar-refractivity contribution in [3.8, 4) is 17.2 Å². The third-order valence-corrected chi connectivity index (χ3v) is 5.97. The average molecular weight is 332 g/mol. The molecule has 1 aliphatic heterocycles. The second-order valence-electron chi connectivity index (χ2n) is 7.69. The van der Waals surface area contributed by atoms with Gasteiger partial charge in [0.25, 0.3) is 0 Å². The molecule has 0 aromatic heterocycles. The first-order valence-electron chi connectivity index (χ1n) is 9.37. The molecule has 0 spiro atoms. The summed E-state index contributed by atoms with van der Waals surface area (Å²) < 4.78 is 0. The lowest BCUT2D eigenvalue weighted by atomic mass is 9.68. The highest BCUT2D eigenvalue weighted by molar-refractivity contribution is 5.63. The second-order valence-corrected chi connectivity index (χ2v) is 7.69. The van der Waals surface area contributed by atoms with E-state index in [0.717, 1.165) is 32.5 Å². The van der Waals surface area contributed by atoms with Gasteiger partial charge in [-0.2, -0.15) is 5.26 Å². The van der Waals surface area contributed by atoms with Crippen LogP contribution in [0.1, 0.15) is 38.7 Å². The lowest BCUT2D eigenvalue weighted by Gasteiger charge is -2.43. The van der Waals surface area contributed by atoms with Crippen molar-refractivity contribution in [2.75, 3.05) is 13.1 Å². The number of rotatable bonds is 5. The number of nitrogens with zero attached hydrogens (tertiary/aromatic N) is 2. The lowest BCUT2D eigenvalue weighted by Crippen LogP contribution is -2.42. The molecule has 130 valence electrons. The quantitative estimate of drug-likeness (QED) is 0.722. The van der Waals surface area contributed by atoms with E-state index in [1.54, 1.807) is 0 Å². The van der Waals surface area contributed by atoms with E-state index in [1.807, 2.05) is 0 Å². The standard InChI is InChI=1S/C23H28N2/c1-19(2)23(12-15-24)13-16-25(17-14-23)18-20-8-10-22(11-9-20)21-6-4-3-5-7-21/h3-11,19H,12-14,16-18H2,1-2H3. The van der Waals surface area contributed by atoms with E-state index in [0.29, 0.717) is 12.3 Å². The van der Waals surface area contributed by atoms with E-state index in [1.165, 1.54) is 16.7 Å². The van der Waals surface area contributed by atoms with Gasteiger partial charge in [-0.15, -0.1) is 0 Å². The summed E-state index contributed by atoms with van der Waals surface area (Å²) in [6.45, 7) is 7.75. The largest absolute Gasteiger partial charge is 0.299 e. The molecule has 1 aliphatic rings. The number of piperidine rings is 1. The zero-order valence-electron chi connectivity index (χ0n) is 15.4. The highest BCUT2D eigenvalue weighted by Gasteiger charge is 2.37. The Morgan fingerprint density at radius 3 is 2.12 bits per heavy atom. The molecule has 0 amide bonds. The smallest absolute Gasteiger partial charge is 0.0627 e. The van der Waals surface area contributed by atoms with Crippen LogP contribution in [0.4, 0.5) is 0 Å². The van der Waals surface area contributed by atoms with Crippen LogP contribution < -0.4 is 0 Å². The van der Waals surface area contributed by atoms with E-state index < -0.39 is 0 Å². The summed E-state index contributed by atoms with van der Waals surface area (Å²) in [4.78, 5) is 2.54. The van der Waals surface area contributed by atoms with Crippen molar-refractivity contribution in [2.45, 2.75) is 39.7 Å². The van der Waals surface area contributed by atoms with E-state index in [-0.39, 0.29) is 5.41 Å². The van der Waals surface area contributed by atoms with Crippen LogP contribution in [0.3, 0.4) is 0 Å². The second kappa shape index (κ2) is 7.85. The SMILES string of the molecule is CC(C)C1(CC#N)CCN(Cc2ccc(-c3ccccc3)cc2)CC1. The molecule has 0 N–H and O–H groups in total. The van der Waals surface area contributed by atoms with Gasteiger partial charge in [-0.3, -0.25) is 4.90 Å². The predicted octanol–water partition coefficient (Wildman–Crippen LogP) is 5.51. The zero-order chi connectivity index (χ0) is 17.7. The fourth-order valence-corrected chi connectivity index (χ4v) is 3.96. The van der Waals surface area contributed by atoms with Gasteiger partial charge in [-0.05, 0) is 54.0 Å². The van der Waals surface area contributed by atoms with Crippen LogP contribution in [0.15, 0.2) is 54.6 Å². The van der Waals surface area contributed by atoms with Crippen molar-refractivity contribution in [3.05, 3.63) is 60.2 Å². The van der Waals surface area contributed by atoms with Gasteiger partial charge >= 0.3 is 0 Å². The molecular formula is C23H28N2. The zero-order valence-corrected chi connectivity index (χ0v) is 15.4. The molecule has 0 bridgehead atoms. The summed E-state index contributed by atoms with van der Waals surface area (Å²) in [5, 5.41) is 9.19. The monoisotopic (exact) mass is 332 g/mol. The van der Waals surface area contributed by atoms with E-state index in [4.69, 9.17) is 0 Å². The van der Waals surface area contributed by atoms with Gasteiger partial charge in [-0.1, -0.05) is 68.4 Å². The fraction of sp³-hybridized carbons (Fsp3) is 0.435. The first kappa shape index (κ1) is 17.7. The minimum absolute atomic E-state index is 0.225.